The zero-order chi connectivity index (χ0) is 14.5. The third kappa shape index (κ3) is 3.28. The molecule has 0 atom stereocenters. The predicted octanol–water partition coefficient (Wildman–Crippen LogP) is 3.23. The van der Waals surface area contributed by atoms with Gasteiger partial charge in [-0.1, -0.05) is 30.3 Å². The van der Waals surface area contributed by atoms with Gasteiger partial charge in [0.1, 0.15) is 12.2 Å². The Balaban J connectivity index is 1.69. The SMILES string of the molecule is Cc1cccc(-n2cnnc2CCNc2ccccc2)c1. The second-order valence-corrected chi connectivity index (χ2v) is 5.00. The molecule has 3 rings (SSSR count). The van der Waals surface area contributed by atoms with Crippen LogP contribution in [0.2, 0.25) is 0 Å². The maximum Gasteiger partial charge on any atom is 0.139 e. The van der Waals surface area contributed by atoms with E-state index >= 15 is 0 Å². The molecule has 0 radical (unpaired) electrons. The van der Waals surface area contributed by atoms with Crippen LogP contribution < -0.4 is 5.32 Å². The van der Waals surface area contributed by atoms with Gasteiger partial charge in [-0.2, -0.15) is 0 Å². The third-order valence-corrected chi connectivity index (χ3v) is 3.35. The summed E-state index contributed by atoms with van der Waals surface area (Å²) in [7, 11) is 0. The van der Waals surface area contributed by atoms with Gasteiger partial charge in [-0.3, -0.25) is 4.57 Å². The lowest BCUT2D eigenvalue weighted by atomic mass is 10.2. The average Bonchev–Trinajstić information content (AvgIpc) is 2.97. The largest absolute Gasteiger partial charge is 0.385 e. The first-order valence-electron chi connectivity index (χ1n) is 7.08. The van der Waals surface area contributed by atoms with Gasteiger partial charge in [0.05, 0.1) is 0 Å². The quantitative estimate of drug-likeness (QED) is 0.779. The van der Waals surface area contributed by atoms with E-state index in [0.717, 1.165) is 30.2 Å². The van der Waals surface area contributed by atoms with Crippen LogP contribution in [0, 0.1) is 6.92 Å². The molecular weight excluding hydrogens is 260 g/mol. The van der Waals surface area contributed by atoms with E-state index in [0.29, 0.717) is 0 Å². The van der Waals surface area contributed by atoms with Gasteiger partial charge in [0, 0.05) is 24.3 Å². The fraction of sp³-hybridized carbons (Fsp3) is 0.176. The van der Waals surface area contributed by atoms with Crippen LogP contribution in [-0.4, -0.2) is 21.3 Å². The van der Waals surface area contributed by atoms with Crippen LogP contribution in [0.25, 0.3) is 5.69 Å². The number of hydrogen-bond donors (Lipinski definition) is 1. The molecule has 1 N–H and O–H groups in total. The van der Waals surface area contributed by atoms with Crippen molar-refractivity contribution >= 4 is 5.69 Å². The number of nitrogens with zero attached hydrogens (tertiary/aromatic N) is 3. The first-order chi connectivity index (χ1) is 10.3. The maximum atomic E-state index is 4.23. The van der Waals surface area contributed by atoms with E-state index in [1.165, 1.54) is 5.56 Å². The smallest absolute Gasteiger partial charge is 0.139 e. The van der Waals surface area contributed by atoms with Crippen molar-refractivity contribution in [1.82, 2.24) is 14.8 Å². The molecule has 4 nitrogen and oxygen atoms in total. The average molecular weight is 278 g/mol. The lowest BCUT2D eigenvalue weighted by molar-refractivity contribution is 0.850. The van der Waals surface area contributed by atoms with Crippen LogP contribution in [0.5, 0.6) is 0 Å². The summed E-state index contributed by atoms with van der Waals surface area (Å²) in [6, 6.07) is 18.5. The molecule has 0 amide bonds. The van der Waals surface area contributed by atoms with E-state index in [-0.39, 0.29) is 0 Å². The minimum Gasteiger partial charge on any atom is -0.385 e. The van der Waals surface area contributed by atoms with Crippen LogP contribution in [0.4, 0.5) is 5.69 Å². The molecule has 4 heteroatoms. The summed E-state index contributed by atoms with van der Waals surface area (Å²) < 4.78 is 2.04. The van der Waals surface area contributed by atoms with E-state index in [4.69, 9.17) is 0 Å². The molecule has 0 spiro atoms. The molecule has 1 aromatic heterocycles. The van der Waals surface area contributed by atoms with E-state index in [1.807, 2.05) is 22.8 Å². The molecule has 0 saturated carbocycles. The summed E-state index contributed by atoms with van der Waals surface area (Å²) in [6.07, 6.45) is 2.59. The molecule has 1 heterocycles. The van der Waals surface area contributed by atoms with Gasteiger partial charge in [-0.05, 0) is 36.8 Å². The van der Waals surface area contributed by atoms with Gasteiger partial charge in [0.2, 0.25) is 0 Å². The Labute approximate surface area is 124 Å². The number of para-hydroxylation sites is 1. The fourth-order valence-corrected chi connectivity index (χ4v) is 2.30. The van der Waals surface area contributed by atoms with E-state index < -0.39 is 0 Å². The Hall–Kier alpha value is -2.62. The van der Waals surface area contributed by atoms with Crippen molar-refractivity contribution in [2.24, 2.45) is 0 Å². The zero-order valence-electron chi connectivity index (χ0n) is 12.0. The highest BCUT2D eigenvalue weighted by atomic mass is 15.3. The second kappa shape index (κ2) is 6.22. The summed E-state index contributed by atoms with van der Waals surface area (Å²) in [5.74, 6) is 0.962. The van der Waals surface area contributed by atoms with Crippen molar-refractivity contribution in [3.63, 3.8) is 0 Å². The number of nitrogens with one attached hydrogen (secondary N) is 1. The van der Waals surface area contributed by atoms with E-state index in [2.05, 4.69) is 58.8 Å². The van der Waals surface area contributed by atoms with Crippen molar-refractivity contribution in [3.8, 4) is 5.69 Å². The number of aromatic nitrogens is 3. The zero-order valence-corrected chi connectivity index (χ0v) is 12.0. The number of aryl methyl sites for hydroxylation is 1. The monoisotopic (exact) mass is 278 g/mol. The predicted molar refractivity (Wildman–Crippen MR) is 84.7 cm³/mol. The van der Waals surface area contributed by atoms with Crippen LogP contribution in [0.3, 0.4) is 0 Å². The first-order valence-corrected chi connectivity index (χ1v) is 7.08. The molecule has 21 heavy (non-hydrogen) atoms. The van der Waals surface area contributed by atoms with Crippen molar-refractivity contribution in [3.05, 3.63) is 72.3 Å². The Kier molecular flexibility index (Phi) is 3.96. The third-order valence-electron chi connectivity index (χ3n) is 3.35. The topological polar surface area (TPSA) is 42.7 Å². The normalized spacial score (nSPS) is 10.5. The highest BCUT2D eigenvalue weighted by Crippen LogP contribution is 2.12. The van der Waals surface area contributed by atoms with Gasteiger partial charge in [-0.15, -0.1) is 10.2 Å². The molecule has 0 saturated heterocycles. The van der Waals surface area contributed by atoms with Crippen LogP contribution in [0.15, 0.2) is 60.9 Å². The molecule has 2 aromatic carbocycles. The molecule has 0 bridgehead atoms. The Bertz CT molecular complexity index is 704. The number of rotatable bonds is 5. The molecule has 0 aliphatic heterocycles. The lowest BCUT2D eigenvalue weighted by Gasteiger charge is -2.09. The maximum absolute atomic E-state index is 4.23. The van der Waals surface area contributed by atoms with Crippen molar-refractivity contribution in [2.75, 3.05) is 11.9 Å². The van der Waals surface area contributed by atoms with Crippen molar-refractivity contribution < 1.29 is 0 Å². The highest BCUT2D eigenvalue weighted by molar-refractivity contribution is 5.42. The van der Waals surface area contributed by atoms with E-state index in [1.54, 1.807) is 6.33 Å². The first kappa shape index (κ1) is 13.4. The fourth-order valence-electron chi connectivity index (χ4n) is 2.30. The lowest BCUT2D eigenvalue weighted by Crippen LogP contribution is -2.09. The molecular formula is C17H18N4. The standard InChI is InChI=1S/C17H18N4/c1-14-6-5-9-16(12-14)21-13-19-20-17(21)10-11-18-15-7-3-2-4-8-15/h2-9,12-13,18H,10-11H2,1H3. The number of anilines is 1. The van der Waals surface area contributed by atoms with Crippen molar-refractivity contribution in [1.29, 1.82) is 0 Å². The van der Waals surface area contributed by atoms with Gasteiger partial charge in [0.25, 0.3) is 0 Å². The van der Waals surface area contributed by atoms with Crippen molar-refractivity contribution in [2.45, 2.75) is 13.3 Å². The molecule has 0 aliphatic carbocycles. The number of hydrogen-bond acceptors (Lipinski definition) is 3. The second-order valence-electron chi connectivity index (χ2n) is 5.00. The summed E-state index contributed by atoms with van der Waals surface area (Å²) in [4.78, 5) is 0. The molecule has 3 aromatic rings. The molecule has 0 fully saturated rings. The molecule has 106 valence electrons. The van der Waals surface area contributed by atoms with Crippen LogP contribution in [0.1, 0.15) is 11.4 Å². The Morgan fingerprint density at radius 2 is 1.90 bits per heavy atom. The number of benzene rings is 2. The highest BCUT2D eigenvalue weighted by Gasteiger charge is 2.06. The molecule has 0 unspecified atom stereocenters. The van der Waals surface area contributed by atoms with Gasteiger partial charge in [0.15, 0.2) is 0 Å². The Morgan fingerprint density at radius 3 is 2.71 bits per heavy atom. The van der Waals surface area contributed by atoms with Crippen LogP contribution >= 0.6 is 0 Å². The summed E-state index contributed by atoms with van der Waals surface area (Å²) >= 11 is 0. The van der Waals surface area contributed by atoms with Gasteiger partial charge >= 0.3 is 0 Å². The summed E-state index contributed by atoms with van der Waals surface area (Å²) in [5.41, 5.74) is 3.46. The molecule has 0 aliphatic rings. The van der Waals surface area contributed by atoms with E-state index in [9.17, 15) is 0 Å². The Morgan fingerprint density at radius 1 is 1.05 bits per heavy atom. The van der Waals surface area contributed by atoms with Crippen LogP contribution in [-0.2, 0) is 6.42 Å². The minimum atomic E-state index is 0.822. The summed E-state index contributed by atoms with van der Waals surface area (Å²) in [6.45, 7) is 2.92. The minimum absolute atomic E-state index is 0.822. The van der Waals surface area contributed by atoms with Gasteiger partial charge in [-0.25, -0.2) is 0 Å². The van der Waals surface area contributed by atoms with Gasteiger partial charge < -0.3 is 5.32 Å². The summed E-state index contributed by atoms with van der Waals surface area (Å²) in [5, 5.41) is 11.7.